The van der Waals surface area contributed by atoms with Crippen LogP contribution in [0.4, 0.5) is 0 Å². The largest absolute Gasteiger partial charge is 0.422 e. The van der Waals surface area contributed by atoms with Gasteiger partial charge in [-0.15, -0.1) is 0 Å². The smallest absolute Gasteiger partial charge is 0.338 e. The van der Waals surface area contributed by atoms with Crippen molar-refractivity contribution in [1.29, 1.82) is 0 Å². The predicted molar refractivity (Wildman–Crippen MR) is 86.5 cm³/mol. The molecule has 0 atom stereocenters. The first kappa shape index (κ1) is 13.4. The highest BCUT2D eigenvalue weighted by molar-refractivity contribution is 6.11. The summed E-state index contributed by atoms with van der Waals surface area (Å²) < 4.78 is 5.58. The molecular weight excluding hydrogens is 260 g/mol. The zero-order chi connectivity index (χ0) is 14.8. The second kappa shape index (κ2) is 5.41. The molecule has 0 N–H and O–H groups in total. The molecule has 0 unspecified atom stereocenters. The maximum absolute atomic E-state index is 12.0. The Hall–Kier alpha value is -2.61. The van der Waals surface area contributed by atoms with Crippen molar-refractivity contribution in [2.24, 2.45) is 0 Å². The quantitative estimate of drug-likeness (QED) is 0.289. The molecule has 0 amide bonds. The standard InChI is InChI=1S/C19H16O2/c1-3-13(2)19(20)21-17-10-6-8-15-12-11-14-7-4-5-9-16(14)18(15)17/h3-12H,1-2H3. The number of carbonyl (C=O) groups excluding carboxylic acids is 1. The molecule has 0 saturated heterocycles. The number of benzene rings is 3. The van der Waals surface area contributed by atoms with Crippen LogP contribution in [0, 0.1) is 0 Å². The molecule has 0 saturated carbocycles. The van der Waals surface area contributed by atoms with E-state index >= 15 is 0 Å². The summed E-state index contributed by atoms with van der Waals surface area (Å²) in [5.74, 6) is 0.299. The average Bonchev–Trinajstić information content (AvgIpc) is 2.53. The van der Waals surface area contributed by atoms with Gasteiger partial charge < -0.3 is 4.74 Å². The fourth-order valence-electron chi connectivity index (χ4n) is 2.41. The SMILES string of the molecule is CC=C(C)C(=O)Oc1cccc2ccc3ccccc3c12. The van der Waals surface area contributed by atoms with Gasteiger partial charge >= 0.3 is 5.97 Å². The van der Waals surface area contributed by atoms with Gasteiger partial charge in [-0.1, -0.05) is 54.6 Å². The Kier molecular flexibility index (Phi) is 3.44. The summed E-state index contributed by atoms with van der Waals surface area (Å²) in [5, 5.41) is 4.28. The van der Waals surface area contributed by atoms with E-state index in [4.69, 9.17) is 4.74 Å². The van der Waals surface area contributed by atoms with E-state index in [1.165, 1.54) is 0 Å². The number of hydrogen-bond donors (Lipinski definition) is 0. The summed E-state index contributed by atoms with van der Waals surface area (Å²) in [4.78, 5) is 12.0. The van der Waals surface area contributed by atoms with Gasteiger partial charge in [0.1, 0.15) is 5.75 Å². The van der Waals surface area contributed by atoms with Crippen LogP contribution in [-0.4, -0.2) is 5.97 Å². The normalized spacial score (nSPS) is 11.8. The number of hydrogen-bond acceptors (Lipinski definition) is 2. The van der Waals surface area contributed by atoms with Gasteiger partial charge in [0.25, 0.3) is 0 Å². The van der Waals surface area contributed by atoms with Crippen LogP contribution in [0.2, 0.25) is 0 Å². The molecule has 0 aliphatic rings. The van der Waals surface area contributed by atoms with E-state index in [0.717, 1.165) is 21.5 Å². The van der Waals surface area contributed by atoms with Gasteiger partial charge in [-0.05, 0) is 36.1 Å². The van der Waals surface area contributed by atoms with Crippen molar-refractivity contribution in [2.45, 2.75) is 13.8 Å². The van der Waals surface area contributed by atoms with Crippen molar-refractivity contribution in [3.05, 3.63) is 66.2 Å². The molecular formula is C19H16O2. The number of allylic oxidation sites excluding steroid dienone is 1. The van der Waals surface area contributed by atoms with Crippen molar-refractivity contribution >= 4 is 27.5 Å². The van der Waals surface area contributed by atoms with Crippen LogP contribution in [0.3, 0.4) is 0 Å². The Morgan fingerprint density at radius 2 is 1.67 bits per heavy atom. The van der Waals surface area contributed by atoms with Crippen molar-refractivity contribution in [3.8, 4) is 5.75 Å². The Labute approximate surface area is 123 Å². The van der Waals surface area contributed by atoms with Crippen LogP contribution in [0.15, 0.2) is 66.2 Å². The lowest BCUT2D eigenvalue weighted by atomic mass is 10.0. The van der Waals surface area contributed by atoms with E-state index in [1.54, 1.807) is 13.0 Å². The minimum Gasteiger partial charge on any atom is -0.422 e. The Morgan fingerprint density at radius 1 is 0.952 bits per heavy atom. The molecule has 2 heteroatoms. The third-order valence-electron chi connectivity index (χ3n) is 3.69. The predicted octanol–water partition coefficient (Wildman–Crippen LogP) is 4.86. The molecule has 3 aromatic carbocycles. The molecule has 0 spiro atoms. The van der Waals surface area contributed by atoms with E-state index in [-0.39, 0.29) is 5.97 Å². The van der Waals surface area contributed by atoms with E-state index < -0.39 is 0 Å². The first-order valence-electron chi connectivity index (χ1n) is 6.96. The highest BCUT2D eigenvalue weighted by Crippen LogP contribution is 2.33. The summed E-state index contributed by atoms with van der Waals surface area (Å²) in [6.07, 6.45) is 1.76. The molecule has 0 aliphatic heterocycles. The van der Waals surface area contributed by atoms with E-state index in [2.05, 4.69) is 24.3 Å². The Balaban J connectivity index is 2.23. The van der Waals surface area contributed by atoms with E-state index in [1.807, 2.05) is 37.3 Å². The van der Waals surface area contributed by atoms with Crippen molar-refractivity contribution in [2.75, 3.05) is 0 Å². The molecule has 21 heavy (non-hydrogen) atoms. The molecule has 0 heterocycles. The highest BCUT2D eigenvalue weighted by atomic mass is 16.5. The number of carbonyl (C=O) groups is 1. The summed E-state index contributed by atoms with van der Waals surface area (Å²) >= 11 is 0. The van der Waals surface area contributed by atoms with Crippen LogP contribution in [0.5, 0.6) is 5.75 Å². The minimum absolute atomic E-state index is 0.307. The van der Waals surface area contributed by atoms with E-state index in [0.29, 0.717) is 11.3 Å². The third kappa shape index (κ3) is 2.40. The maximum atomic E-state index is 12.0. The van der Waals surface area contributed by atoms with Crippen molar-refractivity contribution in [1.82, 2.24) is 0 Å². The minimum atomic E-state index is -0.307. The van der Waals surface area contributed by atoms with Crippen LogP contribution in [0.25, 0.3) is 21.5 Å². The second-order valence-electron chi connectivity index (χ2n) is 5.00. The monoisotopic (exact) mass is 276 g/mol. The maximum Gasteiger partial charge on any atom is 0.338 e. The zero-order valence-corrected chi connectivity index (χ0v) is 12.1. The number of rotatable bonds is 2. The summed E-state index contributed by atoms with van der Waals surface area (Å²) in [7, 11) is 0. The lowest BCUT2D eigenvalue weighted by molar-refractivity contribution is -0.130. The molecule has 0 aromatic heterocycles. The van der Waals surface area contributed by atoms with E-state index in [9.17, 15) is 4.79 Å². The summed E-state index contributed by atoms with van der Waals surface area (Å²) in [5.41, 5.74) is 0.604. The fourth-order valence-corrected chi connectivity index (χ4v) is 2.41. The van der Waals surface area contributed by atoms with Crippen LogP contribution < -0.4 is 4.74 Å². The Bertz CT molecular complexity index is 860. The Morgan fingerprint density at radius 3 is 2.48 bits per heavy atom. The summed E-state index contributed by atoms with van der Waals surface area (Å²) in [6, 6.07) is 18.0. The van der Waals surface area contributed by atoms with Gasteiger partial charge in [0.05, 0.1) is 0 Å². The highest BCUT2D eigenvalue weighted by Gasteiger charge is 2.11. The lowest BCUT2D eigenvalue weighted by Crippen LogP contribution is -2.09. The zero-order valence-electron chi connectivity index (χ0n) is 12.1. The molecule has 104 valence electrons. The molecule has 3 aromatic rings. The number of esters is 1. The molecule has 0 fully saturated rings. The second-order valence-corrected chi connectivity index (χ2v) is 5.00. The van der Waals surface area contributed by atoms with Gasteiger partial charge in [-0.3, -0.25) is 0 Å². The van der Waals surface area contributed by atoms with Gasteiger partial charge in [0, 0.05) is 11.0 Å². The molecule has 3 rings (SSSR count). The summed E-state index contributed by atoms with van der Waals surface area (Å²) in [6.45, 7) is 3.58. The van der Waals surface area contributed by atoms with Crippen LogP contribution in [0.1, 0.15) is 13.8 Å². The lowest BCUT2D eigenvalue weighted by Gasteiger charge is -2.10. The van der Waals surface area contributed by atoms with Crippen molar-refractivity contribution < 1.29 is 9.53 Å². The number of ether oxygens (including phenoxy) is 1. The topological polar surface area (TPSA) is 26.3 Å². The molecule has 0 aliphatic carbocycles. The van der Waals surface area contributed by atoms with Crippen LogP contribution >= 0.6 is 0 Å². The average molecular weight is 276 g/mol. The first-order valence-corrected chi connectivity index (χ1v) is 6.96. The van der Waals surface area contributed by atoms with Gasteiger partial charge in [0.15, 0.2) is 0 Å². The van der Waals surface area contributed by atoms with Crippen LogP contribution in [-0.2, 0) is 4.79 Å². The number of fused-ring (bicyclic) bond motifs is 3. The molecule has 2 nitrogen and oxygen atoms in total. The van der Waals surface area contributed by atoms with Gasteiger partial charge in [-0.2, -0.15) is 0 Å². The molecule has 0 radical (unpaired) electrons. The third-order valence-corrected chi connectivity index (χ3v) is 3.69. The van der Waals surface area contributed by atoms with Gasteiger partial charge in [0.2, 0.25) is 0 Å². The van der Waals surface area contributed by atoms with Gasteiger partial charge in [-0.25, -0.2) is 4.79 Å². The fraction of sp³-hybridized carbons (Fsp3) is 0.105. The first-order chi connectivity index (χ1) is 10.2. The molecule has 0 bridgehead atoms. The van der Waals surface area contributed by atoms with Crippen molar-refractivity contribution in [3.63, 3.8) is 0 Å².